The monoisotopic (exact) mass is 416 g/mol. The second kappa shape index (κ2) is 9.66. The van der Waals surface area contributed by atoms with Gasteiger partial charge in [-0.3, -0.25) is 9.79 Å². The average Bonchev–Trinajstić information content (AvgIpc) is 2.96. The van der Waals surface area contributed by atoms with Gasteiger partial charge in [0.15, 0.2) is 5.96 Å². The minimum atomic E-state index is -0.0566. The van der Waals surface area contributed by atoms with Crippen LogP contribution in [0.2, 0.25) is 0 Å². The van der Waals surface area contributed by atoms with Crippen LogP contribution in [0, 0.1) is 0 Å². The number of hydrogen-bond acceptors (Lipinski definition) is 2. The average molecular weight is 416 g/mol. The zero-order chi connectivity index (χ0) is 15.1. The standard InChI is InChI=1S/C16H24N4O.HI/c1-12(21)19-15-9-5-6-13(10-15)11-18-16(17-2)20-14-7-3-4-8-14;/h5-6,9-10,14H,3-4,7-8,11H2,1-2H3,(H,19,21)(H2,17,18,20);1H. The second-order valence-electron chi connectivity index (χ2n) is 5.43. The summed E-state index contributed by atoms with van der Waals surface area (Å²) in [7, 11) is 1.79. The number of benzene rings is 1. The SMILES string of the molecule is CN=C(NCc1cccc(NC(C)=O)c1)NC1CCCC1.I. The maximum absolute atomic E-state index is 11.1. The van der Waals surface area contributed by atoms with Gasteiger partial charge in [-0.1, -0.05) is 25.0 Å². The van der Waals surface area contributed by atoms with E-state index in [2.05, 4.69) is 20.9 Å². The number of nitrogens with one attached hydrogen (secondary N) is 3. The molecule has 0 aliphatic heterocycles. The van der Waals surface area contributed by atoms with Gasteiger partial charge < -0.3 is 16.0 Å². The summed E-state index contributed by atoms with van der Waals surface area (Å²) < 4.78 is 0. The van der Waals surface area contributed by atoms with Gasteiger partial charge in [0.1, 0.15) is 0 Å². The van der Waals surface area contributed by atoms with E-state index in [4.69, 9.17) is 0 Å². The number of guanidine groups is 1. The van der Waals surface area contributed by atoms with Crippen molar-refractivity contribution < 1.29 is 4.79 Å². The lowest BCUT2D eigenvalue weighted by Crippen LogP contribution is -2.41. The predicted molar refractivity (Wildman–Crippen MR) is 102 cm³/mol. The lowest BCUT2D eigenvalue weighted by atomic mass is 10.2. The van der Waals surface area contributed by atoms with Gasteiger partial charge in [-0.05, 0) is 30.5 Å². The number of anilines is 1. The molecule has 0 spiro atoms. The zero-order valence-electron chi connectivity index (χ0n) is 13.2. The highest BCUT2D eigenvalue weighted by molar-refractivity contribution is 14.0. The molecule has 1 amide bonds. The molecular weight excluding hydrogens is 391 g/mol. The highest BCUT2D eigenvalue weighted by Crippen LogP contribution is 2.17. The number of hydrogen-bond donors (Lipinski definition) is 3. The molecule has 1 aliphatic carbocycles. The molecule has 0 aromatic heterocycles. The molecule has 22 heavy (non-hydrogen) atoms. The topological polar surface area (TPSA) is 65.5 Å². The number of amides is 1. The number of nitrogens with zero attached hydrogens (tertiary/aromatic N) is 1. The Labute approximate surface area is 149 Å². The molecule has 122 valence electrons. The van der Waals surface area contributed by atoms with Crippen LogP contribution in [0.25, 0.3) is 0 Å². The Morgan fingerprint density at radius 3 is 2.68 bits per heavy atom. The molecular formula is C16H25IN4O. The van der Waals surface area contributed by atoms with Crippen molar-refractivity contribution in [3.8, 4) is 0 Å². The molecule has 2 rings (SSSR count). The Bertz CT molecular complexity index is 513. The molecule has 0 radical (unpaired) electrons. The largest absolute Gasteiger partial charge is 0.354 e. The molecule has 6 heteroatoms. The number of halogens is 1. The van der Waals surface area contributed by atoms with Crippen molar-refractivity contribution in [1.29, 1.82) is 0 Å². The maximum atomic E-state index is 11.1. The van der Waals surface area contributed by atoms with Crippen molar-refractivity contribution in [1.82, 2.24) is 10.6 Å². The van der Waals surface area contributed by atoms with Gasteiger partial charge in [-0.25, -0.2) is 0 Å². The van der Waals surface area contributed by atoms with Gasteiger partial charge in [0, 0.05) is 32.2 Å². The normalized spacial score (nSPS) is 15.1. The van der Waals surface area contributed by atoms with Crippen LogP contribution in [-0.2, 0) is 11.3 Å². The molecule has 0 saturated heterocycles. The van der Waals surface area contributed by atoms with Crippen molar-refractivity contribution in [3.63, 3.8) is 0 Å². The van der Waals surface area contributed by atoms with Crippen molar-refractivity contribution in [2.45, 2.75) is 45.2 Å². The van der Waals surface area contributed by atoms with Gasteiger partial charge in [-0.15, -0.1) is 24.0 Å². The first-order valence-corrected chi connectivity index (χ1v) is 7.51. The summed E-state index contributed by atoms with van der Waals surface area (Å²) in [6.07, 6.45) is 5.04. The summed E-state index contributed by atoms with van der Waals surface area (Å²) in [4.78, 5) is 15.3. The summed E-state index contributed by atoms with van der Waals surface area (Å²) in [5.74, 6) is 0.783. The van der Waals surface area contributed by atoms with E-state index < -0.39 is 0 Å². The minimum Gasteiger partial charge on any atom is -0.354 e. The van der Waals surface area contributed by atoms with E-state index in [1.54, 1.807) is 7.05 Å². The number of carbonyl (C=O) groups excluding carboxylic acids is 1. The van der Waals surface area contributed by atoms with E-state index in [0.717, 1.165) is 17.2 Å². The molecule has 3 N–H and O–H groups in total. The third-order valence-corrected chi connectivity index (χ3v) is 3.63. The van der Waals surface area contributed by atoms with E-state index in [9.17, 15) is 4.79 Å². The van der Waals surface area contributed by atoms with Gasteiger partial charge in [-0.2, -0.15) is 0 Å². The van der Waals surface area contributed by atoms with E-state index in [1.807, 2.05) is 24.3 Å². The molecule has 1 fully saturated rings. The van der Waals surface area contributed by atoms with Gasteiger partial charge in [0.2, 0.25) is 5.91 Å². The fraction of sp³-hybridized carbons (Fsp3) is 0.500. The van der Waals surface area contributed by atoms with Crippen LogP contribution < -0.4 is 16.0 Å². The Balaban J connectivity index is 0.00000242. The molecule has 5 nitrogen and oxygen atoms in total. The van der Waals surface area contributed by atoms with E-state index >= 15 is 0 Å². The van der Waals surface area contributed by atoms with Crippen LogP contribution in [0.5, 0.6) is 0 Å². The summed E-state index contributed by atoms with van der Waals surface area (Å²) in [6, 6.07) is 8.37. The van der Waals surface area contributed by atoms with Gasteiger partial charge >= 0.3 is 0 Å². The zero-order valence-corrected chi connectivity index (χ0v) is 15.5. The van der Waals surface area contributed by atoms with Crippen LogP contribution in [0.1, 0.15) is 38.2 Å². The van der Waals surface area contributed by atoms with E-state index in [0.29, 0.717) is 12.6 Å². The van der Waals surface area contributed by atoms with E-state index in [1.165, 1.54) is 32.6 Å². The highest BCUT2D eigenvalue weighted by Gasteiger charge is 2.15. The molecule has 0 heterocycles. The fourth-order valence-electron chi connectivity index (χ4n) is 2.61. The summed E-state index contributed by atoms with van der Waals surface area (Å²) >= 11 is 0. The molecule has 0 unspecified atom stereocenters. The van der Waals surface area contributed by atoms with Crippen molar-refractivity contribution >= 4 is 41.5 Å². The first-order chi connectivity index (χ1) is 10.2. The molecule has 1 aliphatic rings. The Morgan fingerprint density at radius 2 is 2.05 bits per heavy atom. The van der Waals surface area contributed by atoms with Crippen molar-refractivity contribution in [2.24, 2.45) is 4.99 Å². The van der Waals surface area contributed by atoms with Gasteiger partial charge in [0.05, 0.1) is 0 Å². The molecule has 1 aromatic carbocycles. The Morgan fingerprint density at radius 1 is 1.32 bits per heavy atom. The lowest BCUT2D eigenvalue weighted by Gasteiger charge is -2.17. The minimum absolute atomic E-state index is 0. The van der Waals surface area contributed by atoms with Crippen molar-refractivity contribution in [3.05, 3.63) is 29.8 Å². The second-order valence-corrected chi connectivity index (χ2v) is 5.43. The molecule has 0 atom stereocenters. The number of aliphatic imine (C=N–C) groups is 1. The quantitative estimate of drug-likeness (QED) is 0.402. The van der Waals surface area contributed by atoms with Gasteiger partial charge in [0.25, 0.3) is 0 Å². The van der Waals surface area contributed by atoms with Crippen LogP contribution in [0.3, 0.4) is 0 Å². The Kier molecular flexibility index (Phi) is 8.22. The fourth-order valence-corrected chi connectivity index (χ4v) is 2.61. The Hall–Kier alpha value is -1.31. The molecule has 0 bridgehead atoms. The summed E-state index contributed by atoms with van der Waals surface area (Å²) in [5, 5.41) is 9.56. The van der Waals surface area contributed by atoms with E-state index in [-0.39, 0.29) is 29.9 Å². The first kappa shape index (κ1) is 18.7. The third-order valence-electron chi connectivity index (χ3n) is 3.63. The predicted octanol–water partition coefficient (Wildman–Crippen LogP) is 2.87. The lowest BCUT2D eigenvalue weighted by molar-refractivity contribution is -0.114. The maximum Gasteiger partial charge on any atom is 0.221 e. The van der Waals surface area contributed by atoms with Crippen LogP contribution in [0.15, 0.2) is 29.3 Å². The first-order valence-electron chi connectivity index (χ1n) is 7.51. The summed E-state index contributed by atoms with van der Waals surface area (Å²) in [5.41, 5.74) is 1.93. The smallest absolute Gasteiger partial charge is 0.221 e. The van der Waals surface area contributed by atoms with Crippen LogP contribution in [0.4, 0.5) is 5.69 Å². The number of carbonyl (C=O) groups is 1. The third kappa shape index (κ3) is 6.21. The number of rotatable bonds is 4. The van der Waals surface area contributed by atoms with Crippen LogP contribution in [-0.4, -0.2) is 25.0 Å². The highest BCUT2D eigenvalue weighted by atomic mass is 127. The molecule has 1 aromatic rings. The van der Waals surface area contributed by atoms with Crippen LogP contribution >= 0.6 is 24.0 Å². The summed E-state index contributed by atoms with van der Waals surface area (Å²) in [6.45, 7) is 2.19. The molecule has 1 saturated carbocycles. The van der Waals surface area contributed by atoms with Crippen molar-refractivity contribution in [2.75, 3.05) is 12.4 Å².